The molecule has 0 bridgehead atoms. The summed E-state index contributed by atoms with van der Waals surface area (Å²) < 4.78 is 36.8. The minimum absolute atomic E-state index is 0.0294. The van der Waals surface area contributed by atoms with Crippen molar-refractivity contribution in [3.05, 3.63) is 64.0 Å². The lowest BCUT2D eigenvalue weighted by molar-refractivity contribution is -0.387. The van der Waals surface area contributed by atoms with Gasteiger partial charge in [0.25, 0.3) is 0 Å². The average molecular weight is 339 g/mol. The van der Waals surface area contributed by atoms with Gasteiger partial charge >= 0.3 is 5.69 Å². The van der Waals surface area contributed by atoms with Crippen molar-refractivity contribution in [2.45, 2.75) is 11.4 Å². The molecule has 0 atom stereocenters. The Hall–Kier alpha value is -2.52. The lowest BCUT2D eigenvalue weighted by Gasteiger charge is -2.20. The summed E-state index contributed by atoms with van der Waals surface area (Å²) in [6, 6.07) is 9.78. The summed E-state index contributed by atoms with van der Waals surface area (Å²) in [6.45, 7) is 0.0294. The quantitative estimate of drug-likeness (QED) is 0.662. The molecule has 2 N–H and O–H groups in total. The maximum absolute atomic E-state index is 13.7. The van der Waals surface area contributed by atoms with Crippen molar-refractivity contribution < 1.29 is 17.7 Å². The third-order valence-electron chi connectivity index (χ3n) is 3.24. The summed E-state index contributed by atoms with van der Waals surface area (Å²) in [6.07, 6.45) is 0. The van der Waals surface area contributed by atoms with Gasteiger partial charge in [-0.1, -0.05) is 24.3 Å². The van der Waals surface area contributed by atoms with E-state index in [-0.39, 0.29) is 12.2 Å². The smallest absolute Gasteiger partial charge is 0.312 e. The predicted molar refractivity (Wildman–Crippen MR) is 83.0 cm³/mol. The standard InChI is InChI=1S/C14H14FN3O4S/c1-17(9-10-5-2-3-6-11(10)15)12-7-4-8-13(23(16,21)22)14(12)18(19)20/h2-8H,9H2,1H3,(H2,16,21,22). The van der Waals surface area contributed by atoms with Gasteiger partial charge in [-0.05, 0) is 18.2 Å². The SMILES string of the molecule is CN(Cc1ccccc1F)c1cccc(S(N)(=O)=O)c1[N+](=O)[O-]. The maximum Gasteiger partial charge on any atom is 0.312 e. The first-order chi connectivity index (χ1) is 10.7. The first kappa shape index (κ1) is 16.8. The Kier molecular flexibility index (Phi) is 4.62. The number of benzene rings is 2. The molecule has 0 amide bonds. The monoisotopic (exact) mass is 339 g/mol. The zero-order valence-electron chi connectivity index (χ0n) is 12.1. The molecule has 0 saturated heterocycles. The Balaban J connectivity index is 2.51. The van der Waals surface area contributed by atoms with Crippen LogP contribution in [0, 0.1) is 15.9 Å². The first-order valence-electron chi connectivity index (χ1n) is 6.46. The second-order valence-electron chi connectivity index (χ2n) is 4.87. The third kappa shape index (κ3) is 3.63. The molecule has 23 heavy (non-hydrogen) atoms. The number of nitro groups is 1. The molecule has 2 aromatic carbocycles. The molecule has 9 heteroatoms. The second kappa shape index (κ2) is 6.31. The molecular formula is C14H14FN3O4S. The fraction of sp³-hybridized carbons (Fsp3) is 0.143. The van der Waals surface area contributed by atoms with E-state index in [2.05, 4.69) is 0 Å². The van der Waals surface area contributed by atoms with E-state index in [4.69, 9.17) is 5.14 Å². The molecule has 0 radical (unpaired) electrons. The van der Waals surface area contributed by atoms with Gasteiger partial charge in [0, 0.05) is 19.2 Å². The molecule has 0 spiro atoms. The fourth-order valence-electron chi connectivity index (χ4n) is 2.20. The molecule has 0 aliphatic heterocycles. The molecule has 2 rings (SSSR count). The number of nitrogens with zero attached hydrogens (tertiary/aromatic N) is 2. The second-order valence-corrected chi connectivity index (χ2v) is 6.40. The van der Waals surface area contributed by atoms with E-state index in [1.54, 1.807) is 12.1 Å². The highest BCUT2D eigenvalue weighted by atomic mass is 32.2. The number of nitro benzene ring substituents is 1. The number of anilines is 1. The van der Waals surface area contributed by atoms with Crippen molar-refractivity contribution in [3.8, 4) is 0 Å². The molecule has 2 aromatic rings. The van der Waals surface area contributed by atoms with Gasteiger partial charge in [-0.15, -0.1) is 0 Å². The molecule has 0 fully saturated rings. The zero-order chi connectivity index (χ0) is 17.2. The zero-order valence-corrected chi connectivity index (χ0v) is 13.0. The highest BCUT2D eigenvalue weighted by molar-refractivity contribution is 7.89. The van der Waals surface area contributed by atoms with Crippen molar-refractivity contribution in [3.63, 3.8) is 0 Å². The fourth-order valence-corrected chi connectivity index (χ4v) is 2.92. The van der Waals surface area contributed by atoms with Crippen molar-refractivity contribution in [2.75, 3.05) is 11.9 Å². The van der Waals surface area contributed by atoms with Gasteiger partial charge in [-0.25, -0.2) is 17.9 Å². The number of hydrogen-bond donors (Lipinski definition) is 1. The number of para-hydroxylation sites is 1. The van der Waals surface area contributed by atoms with Crippen LogP contribution < -0.4 is 10.0 Å². The molecule has 0 heterocycles. The molecule has 0 aromatic heterocycles. The first-order valence-corrected chi connectivity index (χ1v) is 8.01. The van der Waals surface area contributed by atoms with Gasteiger partial charge in [0.15, 0.2) is 4.90 Å². The lowest BCUT2D eigenvalue weighted by Crippen LogP contribution is -2.21. The van der Waals surface area contributed by atoms with Crippen LogP contribution in [0.15, 0.2) is 47.4 Å². The molecule has 0 aliphatic carbocycles. The highest BCUT2D eigenvalue weighted by Gasteiger charge is 2.28. The van der Waals surface area contributed by atoms with Gasteiger partial charge in [0.2, 0.25) is 10.0 Å². The summed E-state index contributed by atoms with van der Waals surface area (Å²) in [7, 11) is -2.76. The van der Waals surface area contributed by atoms with Crippen LogP contribution in [0.4, 0.5) is 15.8 Å². The van der Waals surface area contributed by atoms with Crippen LogP contribution in [0.1, 0.15) is 5.56 Å². The highest BCUT2D eigenvalue weighted by Crippen LogP contribution is 2.34. The minimum atomic E-state index is -4.26. The molecule has 122 valence electrons. The van der Waals surface area contributed by atoms with E-state index >= 15 is 0 Å². The Morgan fingerprint density at radius 1 is 1.22 bits per heavy atom. The topological polar surface area (TPSA) is 107 Å². The number of hydrogen-bond acceptors (Lipinski definition) is 5. The number of nitrogens with two attached hydrogens (primary N) is 1. The van der Waals surface area contributed by atoms with Gasteiger partial charge in [-0.3, -0.25) is 10.1 Å². The van der Waals surface area contributed by atoms with Crippen LogP contribution in [0.25, 0.3) is 0 Å². The normalized spacial score (nSPS) is 11.3. The average Bonchev–Trinajstić information content (AvgIpc) is 2.47. The Morgan fingerprint density at radius 3 is 2.43 bits per heavy atom. The largest absolute Gasteiger partial charge is 0.365 e. The van der Waals surface area contributed by atoms with Crippen LogP contribution in [0.5, 0.6) is 0 Å². The number of primary sulfonamides is 1. The Bertz CT molecular complexity index is 855. The Morgan fingerprint density at radius 2 is 1.87 bits per heavy atom. The van der Waals surface area contributed by atoms with Crippen molar-refractivity contribution >= 4 is 21.4 Å². The number of sulfonamides is 1. The van der Waals surface area contributed by atoms with Gasteiger partial charge in [-0.2, -0.15) is 0 Å². The van der Waals surface area contributed by atoms with Crippen LogP contribution >= 0.6 is 0 Å². The summed E-state index contributed by atoms with van der Waals surface area (Å²) in [4.78, 5) is 11.3. The van der Waals surface area contributed by atoms with E-state index in [1.807, 2.05) is 0 Å². The lowest BCUT2D eigenvalue weighted by atomic mass is 10.2. The van der Waals surface area contributed by atoms with E-state index < -0.39 is 31.3 Å². The van der Waals surface area contributed by atoms with E-state index in [0.29, 0.717) is 5.56 Å². The van der Waals surface area contributed by atoms with Crippen molar-refractivity contribution in [1.82, 2.24) is 0 Å². The maximum atomic E-state index is 13.7. The minimum Gasteiger partial charge on any atom is -0.365 e. The van der Waals surface area contributed by atoms with Crippen LogP contribution in [0.2, 0.25) is 0 Å². The third-order valence-corrected chi connectivity index (χ3v) is 4.19. The van der Waals surface area contributed by atoms with E-state index in [9.17, 15) is 22.9 Å². The Labute approximate surface area is 132 Å². The van der Waals surface area contributed by atoms with Gasteiger partial charge in [0.05, 0.1) is 4.92 Å². The van der Waals surface area contributed by atoms with Crippen LogP contribution in [-0.4, -0.2) is 20.4 Å². The number of rotatable bonds is 5. The predicted octanol–water partition coefficient (Wildman–Crippen LogP) is 2.02. The van der Waals surface area contributed by atoms with Gasteiger partial charge in [0.1, 0.15) is 11.5 Å². The van der Waals surface area contributed by atoms with Crippen LogP contribution in [0.3, 0.4) is 0 Å². The molecule has 0 saturated carbocycles. The van der Waals surface area contributed by atoms with E-state index in [1.165, 1.54) is 36.2 Å². The molecular weight excluding hydrogens is 325 g/mol. The number of halogens is 1. The van der Waals surface area contributed by atoms with E-state index in [0.717, 1.165) is 6.07 Å². The summed E-state index contributed by atoms with van der Waals surface area (Å²) in [5.74, 6) is -0.454. The van der Waals surface area contributed by atoms with Gasteiger partial charge < -0.3 is 4.90 Å². The van der Waals surface area contributed by atoms with Crippen molar-refractivity contribution in [2.24, 2.45) is 5.14 Å². The van der Waals surface area contributed by atoms with Crippen molar-refractivity contribution in [1.29, 1.82) is 0 Å². The molecule has 0 aliphatic rings. The summed E-state index contributed by atoms with van der Waals surface area (Å²) >= 11 is 0. The molecule has 0 unspecified atom stereocenters. The van der Waals surface area contributed by atoms with Crippen LogP contribution in [-0.2, 0) is 16.6 Å². The summed E-state index contributed by atoms with van der Waals surface area (Å²) in [5.41, 5.74) is -0.274. The molecule has 7 nitrogen and oxygen atoms in total. The summed E-state index contributed by atoms with van der Waals surface area (Å²) in [5, 5.41) is 16.3.